The van der Waals surface area contributed by atoms with Crippen molar-refractivity contribution < 1.29 is 24.2 Å². The molecule has 0 radical (unpaired) electrons. The number of esters is 2. The number of carbonyl (C=O) groups is 2. The highest BCUT2D eigenvalue weighted by atomic mass is 16.6. The summed E-state index contributed by atoms with van der Waals surface area (Å²) in [5.74, 6) is 0.0221. The Labute approximate surface area is 120 Å². The second kappa shape index (κ2) is 7.62. The van der Waals surface area contributed by atoms with Gasteiger partial charge >= 0.3 is 11.9 Å². The Hall–Kier alpha value is -1.10. The third-order valence-corrected chi connectivity index (χ3v) is 3.92. The Morgan fingerprint density at radius 2 is 1.90 bits per heavy atom. The van der Waals surface area contributed by atoms with E-state index in [-0.39, 0.29) is 6.10 Å². The van der Waals surface area contributed by atoms with Crippen molar-refractivity contribution in [1.29, 1.82) is 0 Å². The zero-order valence-electron chi connectivity index (χ0n) is 12.8. The molecule has 1 aliphatic rings. The standard InChI is InChI=1S/C15H26O5/c1-9(2)12-6-5-10(3)7-13(12)20-14(17)8-19-15(18)11(4)16/h9-13,16H,5-8H2,1-4H3/t10-,11?,12+,13-/m1/s1. The van der Waals surface area contributed by atoms with Gasteiger partial charge in [-0.05, 0) is 37.5 Å². The number of hydrogen-bond donors (Lipinski definition) is 1. The minimum atomic E-state index is -1.22. The number of carbonyl (C=O) groups excluding carboxylic acids is 2. The molecule has 0 aliphatic heterocycles. The lowest BCUT2D eigenvalue weighted by Gasteiger charge is -2.36. The lowest BCUT2D eigenvalue weighted by Crippen LogP contribution is -2.37. The Bertz CT molecular complexity index is 337. The van der Waals surface area contributed by atoms with Gasteiger partial charge in [-0.1, -0.05) is 27.2 Å². The van der Waals surface area contributed by atoms with E-state index in [0.29, 0.717) is 17.8 Å². The predicted molar refractivity (Wildman–Crippen MR) is 73.9 cm³/mol. The van der Waals surface area contributed by atoms with Crippen LogP contribution in [0.4, 0.5) is 0 Å². The molecule has 1 aliphatic carbocycles. The van der Waals surface area contributed by atoms with Crippen LogP contribution in [0.2, 0.25) is 0 Å². The van der Waals surface area contributed by atoms with Crippen molar-refractivity contribution in [2.24, 2.45) is 17.8 Å². The third-order valence-electron chi connectivity index (χ3n) is 3.92. The van der Waals surface area contributed by atoms with Crippen LogP contribution in [-0.2, 0) is 19.1 Å². The van der Waals surface area contributed by atoms with E-state index in [2.05, 4.69) is 25.5 Å². The molecule has 20 heavy (non-hydrogen) atoms. The van der Waals surface area contributed by atoms with Crippen LogP contribution in [0.1, 0.15) is 47.0 Å². The highest BCUT2D eigenvalue weighted by Gasteiger charge is 2.33. The molecule has 0 aromatic carbocycles. The first kappa shape index (κ1) is 17.0. The third kappa shape index (κ3) is 5.12. The zero-order chi connectivity index (χ0) is 15.3. The van der Waals surface area contributed by atoms with Gasteiger partial charge in [-0.25, -0.2) is 9.59 Å². The zero-order valence-corrected chi connectivity index (χ0v) is 12.8. The minimum Gasteiger partial charge on any atom is -0.460 e. The monoisotopic (exact) mass is 286 g/mol. The Balaban J connectivity index is 2.47. The number of aliphatic hydroxyl groups is 1. The summed E-state index contributed by atoms with van der Waals surface area (Å²) in [6, 6.07) is 0. The average molecular weight is 286 g/mol. The van der Waals surface area contributed by atoms with Gasteiger partial charge in [-0.15, -0.1) is 0 Å². The van der Waals surface area contributed by atoms with Crippen molar-refractivity contribution in [3.05, 3.63) is 0 Å². The van der Waals surface area contributed by atoms with Gasteiger partial charge in [0.2, 0.25) is 0 Å². The van der Waals surface area contributed by atoms with E-state index >= 15 is 0 Å². The molecule has 1 rings (SSSR count). The van der Waals surface area contributed by atoms with Crippen LogP contribution in [0.5, 0.6) is 0 Å². The van der Waals surface area contributed by atoms with Crippen molar-refractivity contribution in [3.8, 4) is 0 Å². The van der Waals surface area contributed by atoms with Crippen LogP contribution in [0.15, 0.2) is 0 Å². The minimum absolute atomic E-state index is 0.100. The number of ether oxygens (including phenoxy) is 2. The summed E-state index contributed by atoms with van der Waals surface area (Å²) in [7, 11) is 0. The van der Waals surface area contributed by atoms with Gasteiger partial charge in [0.25, 0.3) is 0 Å². The molecule has 1 N–H and O–H groups in total. The summed E-state index contributed by atoms with van der Waals surface area (Å²) in [4.78, 5) is 22.8. The lowest BCUT2D eigenvalue weighted by atomic mass is 9.75. The Morgan fingerprint density at radius 3 is 2.45 bits per heavy atom. The molecular weight excluding hydrogens is 260 g/mol. The molecule has 0 saturated heterocycles. The molecule has 0 aromatic heterocycles. The highest BCUT2D eigenvalue weighted by molar-refractivity contribution is 5.78. The quantitative estimate of drug-likeness (QED) is 0.782. The van der Waals surface area contributed by atoms with Crippen LogP contribution >= 0.6 is 0 Å². The summed E-state index contributed by atoms with van der Waals surface area (Å²) in [5, 5.41) is 8.98. The first-order valence-corrected chi connectivity index (χ1v) is 7.35. The lowest BCUT2D eigenvalue weighted by molar-refractivity contribution is -0.170. The average Bonchev–Trinajstić information content (AvgIpc) is 2.35. The van der Waals surface area contributed by atoms with Gasteiger partial charge in [0.1, 0.15) is 12.2 Å². The Morgan fingerprint density at radius 1 is 1.25 bits per heavy atom. The molecule has 0 heterocycles. The topological polar surface area (TPSA) is 72.8 Å². The normalized spacial score (nSPS) is 28.0. The van der Waals surface area contributed by atoms with Crippen molar-refractivity contribution in [1.82, 2.24) is 0 Å². The maximum Gasteiger partial charge on any atom is 0.344 e. The van der Waals surface area contributed by atoms with E-state index in [1.54, 1.807) is 0 Å². The second-order valence-electron chi connectivity index (χ2n) is 6.14. The molecular formula is C15H26O5. The van der Waals surface area contributed by atoms with Crippen molar-refractivity contribution in [2.45, 2.75) is 59.2 Å². The van der Waals surface area contributed by atoms with Gasteiger partial charge < -0.3 is 14.6 Å². The molecule has 1 unspecified atom stereocenters. The molecule has 5 heteroatoms. The van der Waals surface area contributed by atoms with Crippen LogP contribution in [0.3, 0.4) is 0 Å². The van der Waals surface area contributed by atoms with E-state index in [1.165, 1.54) is 6.92 Å². The molecule has 0 spiro atoms. The summed E-state index contributed by atoms with van der Waals surface area (Å²) in [5.41, 5.74) is 0. The van der Waals surface area contributed by atoms with Gasteiger partial charge in [0, 0.05) is 0 Å². The van der Waals surface area contributed by atoms with Crippen molar-refractivity contribution in [2.75, 3.05) is 6.61 Å². The maximum absolute atomic E-state index is 11.7. The van der Waals surface area contributed by atoms with E-state index < -0.39 is 24.6 Å². The van der Waals surface area contributed by atoms with Crippen molar-refractivity contribution in [3.63, 3.8) is 0 Å². The number of hydrogen-bond acceptors (Lipinski definition) is 5. The molecule has 0 amide bonds. The first-order valence-electron chi connectivity index (χ1n) is 7.35. The molecule has 5 nitrogen and oxygen atoms in total. The summed E-state index contributed by atoms with van der Waals surface area (Å²) < 4.78 is 10.1. The largest absolute Gasteiger partial charge is 0.460 e. The van der Waals surface area contributed by atoms with Gasteiger partial charge in [-0.2, -0.15) is 0 Å². The smallest absolute Gasteiger partial charge is 0.344 e. The van der Waals surface area contributed by atoms with Crippen LogP contribution in [0, 0.1) is 17.8 Å². The van der Waals surface area contributed by atoms with E-state index in [9.17, 15) is 9.59 Å². The van der Waals surface area contributed by atoms with Gasteiger partial charge in [-0.3, -0.25) is 0 Å². The Kier molecular flexibility index (Phi) is 6.46. The molecule has 116 valence electrons. The van der Waals surface area contributed by atoms with E-state index in [4.69, 9.17) is 9.84 Å². The number of aliphatic hydroxyl groups excluding tert-OH is 1. The SMILES string of the molecule is CC(O)C(=O)OCC(=O)O[C@@H]1C[C@H](C)CC[C@H]1C(C)C. The first-order chi connectivity index (χ1) is 9.31. The fourth-order valence-electron chi connectivity index (χ4n) is 2.70. The number of rotatable bonds is 5. The highest BCUT2D eigenvalue weighted by Crippen LogP contribution is 2.35. The summed E-state index contributed by atoms with van der Waals surface area (Å²) >= 11 is 0. The second-order valence-corrected chi connectivity index (χ2v) is 6.14. The molecule has 4 atom stereocenters. The van der Waals surface area contributed by atoms with Crippen LogP contribution in [-0.4, -0.2) is 35.9 Å². The van der Waals surface area contributed by atoms with Crippen molar-refractivity contribution >= 4 is 11.9 Å². The summed E-state index contributed by atoms with van der Waals surface area (Å²) in [6.45, 7) is 7.29. The molecule has 1 fully saturated rings. The maximum atomic E-state index is 11.7. The van der Waals surface area contributed by atoms with Crippen LogP contribution < -0.4 is 0 Å². The summed E-state index contributed by atoms with van der Waals surface area (Å²) in [6.07, 6.45) is 1.76. The molecule has 0 bridgehead atoms. The van der Waals surface area contributed by atoms with E-state index in [1.807, 2.05) is 0 Å². The van der Waals surface area contributed by atoms with Gasteiger partial charge in [0.05, 0.1) is 0 Å². The molecule has 1 saturated carbocycles. The van der Waals surface area contributed by atoms with Gasteiger partial charge in [0.15, 0.2) is 6.61 Å². The predicted octanol–water partition coefficient (Wildman–Crippen LogP) is 1.91. The molecule has 0 aromatic rings. The fourth-order valence-corrected chi connectivity index (χ4v) is 2.70. The van der Waals surface area contributed by atoms with E-state index in [0.717, 1.165) is 19.3 Å². The fraction of sp³-hybridized carbons (Fsp3) is 0.867. The van der Waals surface area contributed by atoms with Crippen LogP contribution in [0.25, 0.3) is 0 Å².